The van der Waals surface area contributed by atoms with E-state index in [1.54, 1.807) is 36.0 Å². The lowest BCUT2D eigenvalue weighted by Gasteiger charge is -2.14. The van der Waals surface area contributed by atoms with Crippen LogP contribution in [0.5, 0.6) is 0 Å². The molecule has 29 heavy (non-hydrogen) atoms. The third-order valence-electron chi connectivity index (χ3n) is 4.09. The maximum absolute atomic E-state index is 12.6. The van der Waals surface area contributed by atoms with Crippen molar-refractivity contribution in [3.05, 3.63) is 67.5 Å². The molecule has 1 aromatic carbocycles. The number of halogens is 3. The average Bonchev–Trinajstić information content (AvgIpc) is 3.27. The van der Waals surface area contributed by atoms with Crippen LogP contribution in [0.4, 0.5) is 11.5 Å². The van der Waals surface area contributed by atoms with E-state index in [0.717, 1.165) is 11.8 Å². The van der Waals surface area contributed by atoms with Gasteiger partial charge < -0.3 is 5.32 Å². The minimum atomic E-state index is -0.750. The van der Waals surface area contributed by atoms with Crippen molar-refractivity contribution in [1.29, 1.82) is 0 Å². The van der Waals surface area contributed by atoms with Crippen molar-refractivity contribution in [1.82, 2.24) is 19.6 Å². The molecule has 3 rings (SSSR count). The molecule has 0 fully saturated rings. The van der Waals surface area contributed by atoms with Crippen molar-refractivity contribution in [3.8, 4) is 0 Å². The molecule has 0 saturated carbocycles. The predicted molar refractivity (Wildman–Crippen MR) is 110 cm³/mol. The highest BCUT2D eigenvalue weighted by atomic mass is 35.5. The number of amides is 1. The fourth-order valence-corrected chi connectivity index (χ4v) is 3.19. The van der Waals surface area contributed by atoms with Gasteiger partial charge in [-0.3, -0.25) is 24.3 Å². The Hall–Kier alpha value is -2.62. The van der Waals surface area contributed by atoms with Crippen LogP contribution in [0.1, 0.15) is 24.9 Å². The molecular weight excluding hydrogens is 443 g/mol. The molecule has 2 heterocycles. The van der Waals surface area contributed by atoms with Gasteiger partial charge in [0, 0.05) is 6.20 Å². The van der Waals surface area contributed by atoms with E-state index in [1.165, 1.54) is 10.9 Å². The fraction of sp³-hybridized carbons (Fsp3) is 0.235. The molecule has 0 saturated heterocycles. The van der Waals surface area contributed by atoms with Crippen LogP contribution in [0.15, 0.2) is 36.8 Å². The van der Waals surface area contributed by atoms with Gasteiger partial charge in [0.1, 0.15) is 23.5 Å². The maximum Gasteiger partial charge on any atom is 0.307 e. The van der Waals surface area contributed by atoms with Crippen LogP contribution in [0.2, 0.25) is 15.1 Å². The van der Waals surface area contributed by atoms with Gasteiger partial charge in [0.15, 0.2) is 5.82 Å². The van der Waals surface area contributed by atoms with Gasteiger partial charge in [-0.05, 0) is 24.1 Å². The molecule has 1 atom stereocenters. The van der Waals surface area contributed by atoms with Crippen molar-refractivity contribution in [2.45, 2.75) is 25.9 Å². The van der Waals surface area contributed by atoms with Crippen LogP contribution >= 0.6 is 34.8 Å². The van der Waals surface area contributed by atoms with E-state index in [9.17, 15) is 14.9 Å². The first-order valence-electron chi connectivity index (χ1n) is 8.44. The summed E-state index contributed by atoms with van der Waals surface area (Å²) >= 11 is 18.1. The van der Waals surface area contributed by atoms with Gasteiger partial charge in [0.05, 0.1) is 21.5 Å². The van der Waals surface area contributed by atoms with E-state index < -0.39 is 16.9 Å². The quantitative estimate of drug-likeness (QED) is 0.412. The van der Waals surface area contributed by atoms with Crippen LogP contribution < -0.4 is 5.32 Å². The Morgan fingerprint density at radius 2 is 2.00 bits per heavy atom. The summed E-state index contributed by atoms with van der Waals surface area (Å²) in [6, 6.07) is 4.46. The Kier molecular flexibility index (Phi) is 6.41. The van der Waals surface area contributed by atoms with Gasteiger partial charge in [-0.1, -0.05) is 47.8 Å². The molecular formula is C17H15Cl3N6O3. The van der Waals surface area contributed by atoms with Crippen LogP contribution in [-0.2, 0) is 11.3 Å². The van der Waals surface area contributed by atoms with Crippen molar-refractivity contribution >= 4 is 52.2 Å². The van der Waals surface area contributed by atoms with Gasteiger partial charge in [-0.2, -0.15) is 10.2 Å². The number of rotatable bonds is 7. The van der Waals surface area contributed by atoms with Crippen LogP contribution in [0, 0.1) is 10.1 Å². The summed E-state index contributed by atoms with van der Waals surface area (Å²) in [5, 5.41) is 22.8. The van der Waals surface area contributed by atoms with Crippen LogP contribution in [0.25, 0.3) is 0 Å². The normalized spacial score (nSPS) is 12.0. The molecule has 0 spiro atoms. The fourth-order valence-electron chi connectivity index (χ4n) is 2.67. The number of hydrogen-bond acceptors (Lipinski definition) is 5. The number of carbonyl (C=O) groups excluding carboxylic acids is 1. The van der Waals surface area contributed by atoms with E-state index in [-0.39, 0.29) is 16.5 Å². The second kappa shape index (κ2) is 8.81. The molecule has 1 amide bonds. The Morgan fingerprint density at radius 3 is 2.62 bits per heavy atom. The van der Waals surface area contributed by atoms with E-state index in [2.05, 4.69) is 15.5 Å². The second-order valence-electron chi connectivity index (χ2n) is 6.12. The van der Waals surface area contributed by atoms with Crippen LogP contribution in [0.3, 0.4) is 0 Å². The molecule has 12 heteroatoms. The summed E-state index contributed by atoms with van der Waals surface area (Å²) in [5.74, 6) is -0.260. The number of nitro groups is 1. The number of anilines is 1. The standard InChI is InChI=1S/C17H15Cl3N6O3/c1-2-15(25-8-11(6-21-25)26(28)29)17(27)22-16-14(20)9-24(23-16)7-10-3-4-12(18)13(19)5-10/h3-6,8-9,15H,2,7H2,1H3,(H,22,23,27). The van der Waals surface area contributed by atoms with E-state index in [0.29, 0.717) is 23.0 Å². The monoisotopic (exact) mass is 456 g/mol. The molecule has 152 valence electrons. The molecule has 3 aromatic rings. The lowest BCUT2D eigenvalue weighted by Crippen LogP contribution is -2.26. The number of carbonyl (C=O) groups is 1. The first-order chi connectivity index (χ1) is 13.8. The zero-order valence-corrected chi connectivity index (χ0v) is 17.3. The predicted octanol–water partition coefficient (Wildman–Crippen LogP) is 4.59. The van der Waals surface area contributed by atoms with Crippen LogP contribution in [-0.4, -0.2) is 30.4 Å². The number of hydrogen-bond donors (Lipinski definition) is 1. The molecule has 0 radical (unpaired) electrons. The molecule has 0 aliphatic carbocycles. The second-order valence-corrected chi connectivity index (χ2v) is 7.34. The first-order valence-corrected chi connectivity index (χ1v) is 9.58. The minimum Gasteiger partial charge on any atom is -0.306 e. The van der Waals surface area contributed by atoms with E-state index in [4.69, 9.17) is 34.8 Å². The van der Waals surface area contributed by atoms with Gasteiger partial charge in [0.2, 0.25) is 5.91 Å². The lowest BCUT2D eigenvalue weighted by molar-refractivity contribution is -0.385. The highest BCUT2D eigenvalue weighted by molar-refractivity contribution is 6.42. The van der Waals surface area contributed by atoms with E-state index in [1.807, 2.05) is 0 Å². The Balaban J connectivity index is 1.74. The van der Waals surface area contributed by atoms with Crippen molar-refractivity contribution in [3.63, 3.8) is 0 Å². The summed E-state index contributed by atoms with van der Waals surface area (Å²) in [5.41, 5.74) is 0.659. The minimum absolute atomic E-state index is 0.178. The first kappa shape index (κ1) is 21.1. The Morgan fingerprint density at radius 1 is 1.24 bits per heavy atom. The molecule has 1 N–H and O–H groups in total. The number of aromatic nitrogens is 4. The van der Waals surface area contributed by atoms with Crippen molar-refractivity contribution in [2.75, 3.05) is 5.32 Å². The summed E-state index contributed by atoms with van der Waals surface area (Å²) < 4.78 is 2.80. The van der Waals surface area contributed by atoms with Gasteiger partial charge in [-0.15, -0.1) is 0 Å². The highest BCUT2D eigenvalue weighted by Gasteiger charge is 2.23. The van der Waals surface area contributed by atoms with Crippen molar-refractivity contribution < 1.29 is 9.72 Å². The van der Waals surface area contributed by atoms with E-state index >= 15 is 0 Å². The van der Waals surface area contributed by atoms with Gasteiger partial charge in [-0.25, -0.2) is 0 Å². The summed E-state index contributed by atoms with van der Waals surface area (Å²) in [7, 11) is 0. The molecule has 0 aliphatic rings. The Labute approximate surface area is 180 Å². The van der Waals surface area contributed by atoms with Crippen molar-refractivity contribution in [2.24, 2.45) is 0 Å². The summed E-state index contributed by atoms with van der Waals surface area (Å²) in [6.45, 7) is 2.14. The molecule has 9 nitrogen and oxygen atoms in total. The zero-order valence-electron chi connectivity index (χ0n) is 15.1. The average molecular weight is 458 g/mol. The van der Waals surface area contributed by atoms with Gasteiger partial charge in [0.25, 0.3) is 0 Å². The number of benzene rings is 1. The molecule has 1 unspecified atom stereocenters. The largest absolute Gasteiger partial charge is 0.307 e. The molecule has 0 bridgehead atoms. The molecule has 2 aromatic heterocycles. The third-order valence-corrected chi connectivity index (χ3v) is 5.11. The smallest absolute Gasteiger partial charge is 0.306 e. The number of nitrogens with one attached hydrogen (secondary N) is 1. The summed E-state index contributed by atoms with van der Waals surface area (Å²) in [6.07, 6.45) is 4.23. The highest BCUT2D eigenvalue weighted by Crippen LogP contribution is 2.25. The third kappa shape index (κ3) is 4.87. The lowest BCUT2D eigenvalue weighted by atomic mass is 10.2. The Bertz CT molecular complexity index is 1060. The topological polar surface area (TPSA) is 108 Å². The summed E-state index contributed by atoms with van der Waals surface area (Å²) in [4.78, 5) is 22.9. The molecule has 0 aliphatic heterocycles. The zero-order chi connectivity index (χ0) is 21.1. The number of nitrogens with zero attached hydrogens (tertiary/aromatic N) is 5. The SMILES string of the molecule is CCC(C(=O)Nc1nn(Cc2ccc(Cl)c(Cl)c2)cc1Cl)n1cc([N+](=O)[O-])cn1. The van der Waals surface area contributed by atoms with Gasteiger partial charge >= 0.3 is 5.69 Å². The maximum atomic E-state index is 12.6.